The Balaban J connectivity index is 2.20. The molecule has 6 nitrogen and oxygen atoms in total. The largest absolute Gasteiger partial charge is 0.409 e. The molecule has 106 valence electrons. The monoisotopic (exact) mass is 317 g/mol. The lowest BCUT2D eigenvalue weighted by molar-refractivity contribution is 0.318. The summed E-state index contributed by atoms with van der Waals surface area (Å²) >= 11 is 2.76. The number of nitrogens with two attached hydrogens (primary N) is 1. The van der Waals surface area contributed by atoms with Crippen LogP contribution in [0.3, 0.4) is 0 Å². The van der Waals surface area contributed by atoms with E-state index in [1.54, 1.807) is 6.20 Å². The summed E-state index contributed by atoms with van der Waals surface area (Å²) < 4.78 is 4.97. The minimum absolute atomic E-state index is 0.0250. The van der Waals surface area contributed by atoms with Crippen LogP contribution in [0, 0.1) is 6.92 Å². The fourth-order valence-corrected chi connectivity index (χ4v) is 3.71. The van der Waals surface area contributed by atoms with Gasteiger partial charge in [-0.3, -0.25) is 4.98 Å². The molecule has 0 aliphatic carbocycles. The first kappa shape index (κ1) is 13.8. The molecule has 8 heteroatoms. The number of rotatable bonds is 3. The van der Waals surface area contributed by atoms with Gasteiger partial charge in [0.1, 0.15) is 5.82 Å². The summed E-state index contributed by atoms with van der Waals surface area (Å²) in [5, 5.41) is 13.0. The van der Waals surface area contributed by atoms with E-state index in [1.165, 1.54) is 23.3 Å². The van der Waals surface area contributed by atoms with Crippen molar-refractivity contribution in [2.45, 2.75) is 16.2 Å². The molecule has 3 N–H and O–H groups in total. The van der Waals surface area contributed by atoms with Crippen LogP contribution in [0.5, 0.6) is 0 Å². The van der Waals surface area contributed by atoms with Crippen molar-refractivity contribution in [3.63, 3.8) is 0 Å². The predicted molar refractivity (Wildman–Crippen MR) is 83.0 cm³/mol. The molecule has 0 aliphatic heterocycles. The van der Waals surface area contributed by atoms with Crippen LogP contribution in [0.25, 0.3) is 10.9 Å². The second kappa shape index (κ2) is 5.66. The molecule has 0 atom stereocenters. The smallest absolute Gasteiger partial charge is 0.174 e. The van der Waals surface area contributed by atoms with Crippen LogP contribution in [0.2, 0.25) is 0 Å². The third-order valence-corrected chi connectivity index (χ3v) is 4.79. The summed E-state index contributed by atoms with van der Waals surface area (Å²) in [7, 11) is 0. The molecule has 0 radical (unpaired) electrons. The van der Waals surface area contributed by atoms with Gasteiger partial charge in [0.15, 0.2) is 10.2 Å². The summed E-state index contributed by atoms with van der Waals surface area (Å²) in [6, 6.07) is 7.71. The van der Waals surface area contributed by atoms with Crippen molar-refractivity contribution in [1.29, 1.82) is 0 Å². The van der Waals surface area contributed by atoms with Crippen molar-refractivity contribution in [2.75, 3.05) is 0 Å². The fraction of sp³-hybridized carbons (Fsp3) is 0.0769. The number of nitrogens with zero attached hydrogens (tertiary/aromatic N) is 4. The molecule has 0 saturated heterocycles. The van der Waals surface area contributed by atoms with Gasteiger partial charge in [0.05, 0.1) is 11.1 Å². The minimum Gasteiger partial charge on any atom is -0.409 e. The van der Waals surface area contributed by atoms with Gasteiger partial charge in [-0.2, -0.15) is 4.37 Å². The van der Waals surface area contributed by atoms with Crippen molar-refractivity contribution in [3.05, 3.63) is 41.9 Å². The number of aryl methyl sites for hydroxylation is 1. The Morgan fingerprint density at radius 2 is 2.19 bits per heavy atom. The summed E-state index contributed by atoms with van der Waals surface area (Å²) in [5.41, 5.74) is 7.18. The number of oxime groups is 1. The Morgan fingerprint density at radius 1 is 1.38 bits per heavy atom. The van der Waals surface area contributed by atoms with Gasteiger partial charge in [-0.15, -0.1) is 0 Å². The molecular formula is C13H11N5OS2. The molecule has 0 aliphatic rings. The van der Waals surface area contributed by atoms with Crippen LogP contribution < -0.4 is 5.73 Å². The highest BCUT2D eigenvalue weighted by Gasteiger charge is 2.15. The highest BCUT2D eigenvalue weighted by molar-refractivity contribution is 8.01. The number of aromatic nitrogens is 3. The van der Waals surface area contributed by atoms with Crippen molar-refractivity contribution in [1.82, 2.24) is 14.3 Å². The number of pyridine rings is 1. The lowest BCUT2D eigenvalue weighted by Gasteiger charge is -2.09. The zero-order valence-electron chi connectivity index (χ0n) is 11.0. The number of benzene rings is 1. The van der Waals surface area contributed by atoms with Gasteiger partial charge < -0.3 is 10.9 Å². The number of hydrogen-bond donors (Lipinski definition) is 2. The maximum Gasteiger partial charge on any atom is 0.174 e. The number of hydrogen-bond acceptors (Lipinski definition) is 7. The van der Waals surface area contributed by atoms with Crippen molar-refractivity contribution in [2.24, 2.45) is 10.9 Å². The van der Waals surface area contributed by atoms with Crippen molar-refractivity contribution in [3.8, 4) is 0 Å². The van der Waals surface area contributed by atoms with Crippen molar-refractivity contribution >= 4 is 40.0 Å². The molecule has 3 rings (SSSR count). The molecule has 0 amide bonds. The van der Waals surface area contributed by atoms with E-state index in [1.807, 2.05) is 31.2 Å². The topological polar surface area (TPSA) is 97.3 Å². The first-order valence-corrected chi connectivity index (χ1v) is 7.62. The van der Waals surface area contributed by atoms with Crippen LogP contribution in [0.4, 0.5) is 0 Å². The Kier molecular flexibility index (Phi) is 3.72. The van der Waals surface area contributed by atoms with E-state index >= 15 is 0 Å². The van der Waals surface area contributed by atoms with Gasteiger partial charge >= 0.3 is 0 Å². The quantitative estimate of drug-likeness (QED) is 0.333. The van der Waals surface area contributed by atoms with E-state index < -0.39 is 0 Å². The van der Waals surface area contributed by atoms with E-state index in [0.717, 1.165) is 26.0 Å². The third kappa shape index (κ3) is 2.67. The molecular weight excluding hydrogens is 306 g/mol. The zero-order valence-corrected chi connectivity index (χ0v) is 12.6. The molecule has 0 fully saturated rings. The van der Waals surface area contributed by atoms with Gasteiger partial charge in [0, 0.05) is 16.5 Å². The van der Waals surface area contributed by atoms with Gasteiger partial charge in [0.25, 0.3) is 0 Å². The van der Waals surface area contributed by atoms with Gasteiger partial charge in [0.2, 0.25) is 0 Å². The molecule has 2 aromatic heterocycles. The van der Waals surface area contributed by atoms with Crippen LogP contribution in [-0.2, 0) is 0 Å². The standard InChI is InChI=1S/C13H11N5OS2/c1-7-16-13(21-18-7)20-11-8-4-2-3-5-10(8)15-6-9(11)12(14)17-19/h2-6,19H,1H3,(H2,14,17). The SMILES string of the molecule is Cc1nsc(Sc2c(/C(N)=N/O)cnc3ccccc23)n1. The Hall–Kier alpha value is -2.19. The van der Waals surface area contributed by atoms with E-state index in [0.29, 0.717) is 5.56 Å². The maximum absolute atomic E-state index is 8.96. The Morgan fingerprint density at radius 3 is 2.90 bits per heavy atom. The van der Waals surface area contributed by atoms with Gasteiger partial charge in [-0.05, 0) is 24.5 Å². The zero-order chi connectivity index (χ0) is 14.8. The van der Waals surface area contributed by atoms with E-state index in [4.69, 9.17) is 10.9 Å². The first-order chi connectivity index (χ1) is 10.2. The second-order valence-corrected chi connectivity index (χ2v) is 6.22. The van der Waals surface area contributed by atoms with Crippen LogP contribution in [-0.4, -0.2) is 25.4 Å². The lowest BCUT2D eigenvalue weighted by atomic mass is 10.1. The predicted octanol–water partition coefficient (Wildman–Crippen LogP) is 2.64. The summed E-state index contributed by atoms with van der Waals surface area (Å²) in [5.74, 6) is 0.753. The Labute approximate surface area is 128 Å². The molecule has 0 saturated carbocycles. The van der Waals surface area contributed by atoms with Gasteiger partial charge in [-0.1, -0.05) is 35.1 Å². The van der Waals surface area contributed by atoms with E-state index in [2.05, 4.69) is 19.5 Å². The van der Waals surface area contributed by atoms with Crippen LogP contribution >= 0.6 is 23.3 Å². The summed E-state index contributed by atoms with van der Waals surface area (Å²) in [4.78, 5) is 9.54. The summed E-state index contributed by atoms with van der Waals surface area (Å²) in [6.07, 6.45) is 1.60. The highest BCUT2D eigenvalue weighted by Crippen LogP contribution is 2.36. The average molecular weight is 317 g/mol. The van der Waals surface area contributed by atoms with Crippen molar-refractivity contribution < 1.29 is 5.21 Å². The average Bonchev–Trinajstić information content (AvgIpc) is 2.92. The Bertz CT molecular complexity index is 830. The highest BCUT2D eigenvalue weighted by atomic mass is 32.2. The summed E-state index contributed by atoms with van der Waals surface area (Å²) in [6.45, 7) is 1.84. The third-order valence-electron chi connectivity index (χ3n) is 2.81. The number of fused-ring (bicyclic) bond motifs is 1. The molecule has 21 heavy (non-hydrogen) atoms. The number of amidine groups is 1. The van der Waals surface area contributed by atoms with Crippen LogP contribution in [0.1, 0.15) is 11.4 Å². The van der Waals surface area contributed by atoms with Gasteiger partial charge in [-0.25, -0.2) is 4.98 Å². The van der Waals surface area contributed by atoms with E-state index in [9.17, 15) is 0 Å². The fourth-order valence-electron chi connectivity index (χ4n) is 1.87. The van der Waals surface area contributed by atoms with E-state index in [-0.39, 0.29) is 5.84 Å². The normalized spacial score (nSPS) is 12.0. The maximum atomic E-state index is 8.96. The lowest BCUT2D eigenvalue weighted by Crippen LogP contribution is -2.14. The number of para-hydroxylation sites is 1. The molecule has 1 aromatic carbocycles. The second-order valence-electron chi connectivity index (χ2n) is 4.21. The first-order valence-electron chi connectivity index (χ1n) is 6.03. The minimum atomic E-state index is 0.0250. The molecule has 2 heterocycles. The molecule has 0 unspecified atom stereocenters. The molecule has 0 bridgehead atoms. The van der Waals surface area contributed by atoms with Crippen LogP contribution in [0.15, 0.2) is 44.9 Å². The molecule has 3 aromatic rings. The molecule has 0 spiro atoms.